The van der Waals surface area contributed by atoms with E-state index in [0.29, 0.717) is 17.2 Å². The average molecular weight is 372 g/mol. The molecule has 1 aliphatic rings. The summed E-state index contributed by atoms with van der Waals surface area (Å²) in [5.41, 5.74) is 1.00. The van der Waals surface area contributed by atoms with E-state index in [1.165, 1.54) is 18.2 Å². The van der Waals surface area contributed by atoms with Gasteiger partial charge in [0.1, 0.15) is 11.6 Å². The topological polar surface area (TPSA) is 58.2 Å². The minimum atomic E-state index is -0.624. The molecule has 1 fully saturated rings. The van der Waals surface area contributed by atoms with Crippen LogP contribution in [0.2, 0.25) is 0 Å². The molecule has 2 N–H and O–H groups in total. The SMILES string of the molecule is CC(Cc1c(F)cccc1F)NC(=O)c1ccc(NC(=O)C2CC2C)cc1. The molecule has 27 heavy (non-hydrogen) atoms. The first kappa shape index (κ1) is 19.0. The van der Waals surface area contributed by atoms with Crippen molar-refractivity contribution in [2.75, 3.05) is 5.32 Å². The summed E-state index contributed by atoms with van der Waals surface area (Å²) >= 11 is 0. The van der Waals surface area contributed by atoms with E-state index in [9.17, 15) is 18.4 Å². The number of halogens is 2. The molecule has 0 bridgehead atoms. The third-order valence-electron chi connectivity index (χ3n) is 4.81. The first-order valence-corrected chi connectivity index (χ1v) is 9.00. The number of nitrogens with one attached hydrogen (secondary N) is 2. The number of carbonyl (C=O) groups is 2. The molecule has 3 unspecified atom stereocenters. The number of hydrogen-bond acceptors (Lipinski definition) is 2. The van der Waals surface area contributed by atoms with Crippen molar-refractivity contribution in [3.05, 3.63) is 65.2 Å². The van der Waals surface area contributed by atoms with Gasteiger partial charge in [0.15, 0.2) is 0 Å². The Bertz CT molecular complexity index is 832. The van der Waals surface area contributed by atoms with Gasteiger partial charge in [-0.1, -0.05) is 13.0 Å². The fourth-order valence-corrected chi connectivity index (χ4v) is 3.02. The van der Waals surface area contributed by atoms with Gasteiger partial charge in [-0.15, -0.1) is 0 Å². The van der Waals surface area contributed by atoms with Crippen LogP contribution in [0.4, 0.5) is 14.5 Å². The molecule has 0 heterocycles. The highest BCUT2D eigenvalue weighted by molar-refractivity contribution is 5.97. The van der Waals surface area contributed by atoms with Gasteiger partial charge in [0, 0.05) is 28.8 Å². The van der Waals surface area contributed by atoms with Crippen molar-refractivity contribution in [2.24, 2.45) is 11.8 Å². The summed E-state index contributed by atoms with van der Waals surface area (Å²) in [5.74, 6) is -1.08. The molecule has 3 rings (SSSR count). The molecule has 142 valence electrons. The van der Waals surface area contributed by atoms with Crippen molar-refractivity contribution < 1.29 is 18.4 Å². The first-order valence-electron chi connectivity index (χ1n) is 9.00. The van der Waals surface area contributed by atoms with Crippen LogP contribution in [-0.4, -0.2) is 17.9 Å². The zero-order valence-corrected chi connectivity index (χ0v) is 15.3. The Labute approximate surface area is 157 Å². The highest BCUT2D eigenvalue weighted by Gasteiger charge is 2.39. The summed E-state index contributed by atoms with van der Waals surface area (Å²) < 4.78 is 27.4. The van der Waals surface area contributed by atoms with Gasteiger partial charge in [0.2, 0.25) is 5.91 Å². The summed E-state index contributed by atoms with van der Waals surface area (Å²) in [6.45, 7) is 3.72. The van der Waals surface area contributed by atoms with E-state index in [4.69, 9.17) is 0 Å². The lowest BCUT2D eigenvalue weighted by Crippen LogP contribution is -2.34. The Kier molecular flexibility index (Phi) is 5.54. The van der Waals surface area contributed by atoms with Gasteiger partial charge in [-0.2, -0.15) is 0 Å². The zero-order valence-electron chi connectivity index (χ0n) is 15.3. The van der Waals surface area contributed by atoms with Gasteiger partial charge >= 0.3 is 0 Å². The normalized spacial score (nSPS) is 19.3. The Balaban J connectivity index is 1.56. The monoisotopic (exact) mass is 372 g/mol. The van der Waals surface area contributed by atoms with Crippen LogP contribution < -0.4 is 10.6 Å². The van der Waals surface area contributed by atoms with Gasteiger partial charge in [0.25, 0.3) is 5.91 Å². The van der Waals surface area contributed by atoms with Crippen molar-refractivity contribution in [3.63, 3.8) is 0 Å². The van der Waals surface area contributed by atoms with E-state index >= 15 is 0 Å². The largest absolute Gasteiger partial charge is 0.349 e. The van der Waals surface area contributed by atoms with Crippen molar-refractivity contribution in [3.8, 4) is 0 Å². The summed E-state index contributed by atoms with van der Waals surface area (Å²) in [5, 5.41) is 5.57. The van der Waals surface area contributed by atoms with Gasteiger partial charge < -0.3 is 10.6 Å². The predicted octanol–water partition coefficient (Wildman–Crippen LogP) is 3.92. The Morgan fingerprint density at radius 3 is 2.26 bits per heavy atom. The molecule has 2 aromatic rings. The third kappa shape index (κ3) is 4.70. The van der Waals surface area contributed by atoms with E-state index in [-0.39, 0.29) is 29.7 Å². The van der Waals surface area contributed by atoms with Gasteiger partial charge in [-0.05, 0) is 62.1 Å². The fourth-order valence-electron chi connectivity index (χ4n) is 3.02. The van der Waals surface area contributed by atoms with Gasteiger partial charge in [-0.25, -0.2) is 8.78 Å². The summed E-state index contributed by atoms with van der Waals surface area (Å²) in [4.78, 5) is 24.3. The molecule has 1 saturated carbocycles. The van der Waals surface area contributed by atoms with Crippen LogP contribution in [0.5, 0.6) is 0 Å². The van der Waals surface area contributed by atoms with Crippen LogP contribution in [0.25, 0.3) is 0 Å². The van der Waals surface area contributed by atoms with Crippen molar-refractivity contribution in [1.82, 2.24) is 5.32 Å². The molecule has 3 atom stereocenters. The maximum absolute atomic E-state index is 13.7. The number of amides is 2. The lowest BCUT2D eigenvalue weighted by Gasteiger charge is -2.15. The number of carbonyl (C=O) groups excluding carboxylic acids is 2. The smallest absolute Gasteiger partial charge is 0.251 e. The quantitative estimate of drug-likeness (QED) is 0.807. The zero-order chi connectivity index (χ0) is 19.6. The van der Waals surface area contributed by atoms with E-state index in [1.807, 2.05) is 6.92 Å². The van der Waals surface area contributed by atoms with E-state index in [1.54, 1.807) is 31.2 Å². The molecule has 1 aliphatic carbocycles. The van der Waals surface area contributed by atoms with Crippen LogP contribution in [0, 0.1) is 23.5 Å². The molecule has 0 aliphatic heterocycles. The molecule has 6 heteroatoms. The van der Waals surface area contributed by atoms with Gasteiger partial charge in [0.05, 0.1) is 0 Å². The lowest BCUT2D eigenvalue weighted by atomic mass is 10.1. The second-order valence-electron chi connectivity index (χ2n) is 7.16. The average Bonchev–Trinajstić information content (AvgIpc) is 3.36. The molecule has 0 spiro atoms. The number of rotatable bonds is 6. The van der Waals surface area contributed by atoms with Crippen LogP contribution >= 0.6 is 0 Å². The number of hydrogen-bond donors (Lipinski definition) is 2. The maximum Gasteiger partial charge on any atom is 0.251 e. The standard InChI is InChI=1S/C21H22F2N2O2/c1-12-10-16(12)21(27)25-15-8-6-14(7-9-15)20(26)24-13(2)11-17-18(22)4-3-5-19(17)23/h3-9,12-13,16H,10-11H2,1-2H3,(H,24,26)(H,25,27). The second kappa shape index (κ2) is 7.86. The molecule has 0 aromatic heterocycles. The summed E-state index contributed by atoms with van der Waals surface area (Å²) in [6.07, 6.45) is 0.963. The van der Waals surface area contributed by atoms with Gasteiger partial charge in [-0.3, -0.25) is 9.59 Å². The fraction of sp³-hybridized carbons (Fsp3) is 0.333. The van der Waals surface area contributed by atoms with Crippen LogP contribution in [-0.2, 0) is 11.2 Å². The van der Waals surface area contributed by atoms with E-state index in [0.717, 1.165) is 6.42 Å². The third-order valence-corrected chi connectivity index (χ3v) is 4.81. The predicted molar refractivity (Wildman–Crippen MR) is 99.3 cm³/mol. The first-order chi connectivity index (χ1) is 12.8. The number of benzene rings is 2. The molecular formula is C21H22F2N2O2. The molecule has 2 amide bonds. The number of anilines is 1. The van der Waals surface area contributed by atoms with Crippen LogP contribution in [0.1, 0.15) is 36.2 Å². The minimum Gasteiger partial charge on any atom is -0.349 e. The summed E-state index contributed by atoms with van der Waals surface area (Å²) in [7, 11) is 0. The molecule has 2 aromatic carbocycles. The second-order valence-corrected chi connectivity index (χ2v) is 7.16. The molecule has 0 radical (unpaired) electrons. The van der Waals surface area contributed by atoms with Crippen molar-refractivity contribution in [1.29, 1.82) is 0 Å². The molecular weight excluding hydrogens is 350 g/mol. The molecule has 0 saturated heterocycles. The molecule has 4 nitrogen and oxygen atoms in total. The maximum atomic E-state index is 13.7. The van der Waals surface area contributed by atoms with Crippen LogP contribution in [0.15, 0.2) is 42.5 Å². The Morgan fingerprint density at radius 2 is 1.70 bits per heavy atom. The van der Waals surface area contributed by atoms with Crippen molar-refractivity contribution >= 4 is 17.5 Å². The Morgan fingerprint density at radius 1 is 1.11 bits per heavy atom. The van der Waals surface area contributed by atoms with E-state index < -0.39 is 17.7 Å². The lowest BCUT2D eigenvalue weighted by molar-refractivity contribution is -0.117. The van der Waals surface area contributed by atoms with Crippen molar-refractivity contribution in [2.45, 2.75) is 32.7 Å². The minimum absolute atomic E-state index is 0.000220. The highest BCUT2D eigenvalue weighted by atomic mass is 19.1. The Hall–Kier alpha value is -2.76. The van der Waals surface area contributed by atoms with Crippen LogP contribution in [0.3, 0.4) is 0 Å². The summed E-state index contributed by atoms with van der Waals surface area (Å²) in [6, 6.07) is 9.81. The van der Waals surface area contributed by atoms with E-state index in [2.05, 4.69) is 10.6 Å². The highest BCUT2D eigenvalue weighted by Crippen LogP contribution is 2.38.